The lowest BCUT2D eigenvalue weighted by Crippen LogP contribution is -2.26. The van der Waals surface area contributed by atoms with Crippen molar-refractivity contribution in [1.29, 1.82) is 0 Å². The zero-order chi connectivity index (χ0) is 14.6. The maximum Gasteiger partial charge on any atom is 0.133 e. The number of ether oxygens (including phenoxy) is 1. The van der Waals surface area contributed by atoms with E-state index in [1.54, 1.807) is 0 Å². The lowest BCUT2D eigenvalue weighted by molar-refractivity contribution is 0.0214. The van der Waals surface area contributed by atoms with Crippen molar-refractivity contribution >= 4 is 0 Å². The van der Waals surface area contributed by atoms with Crippen LogP contribution in [0, 0.1) is 12.3 Å². The molecular formula is C18H28O2. The summed E-state index contributed by atoms with van der Waals surface area (Å²) in [5.74, 6) is 1.94. The molecule has 112 valence electrons. The van der Waals surface area contributed by atoms with Crippen LogP contribution in [0.25, 0.3) is 0 Å². The molecule has 20 heavy (non-hydrogen) atoms. The molecule has 0 aliphatic carbocycles. The van der Waals surface area contributed by atoms with Crippen LogP contribution in [0.5, 0.6) is 0 Å². The Balaban J connectivity index is 2.29. The molecule has 2 nitrogen and oxygen atoms in total. The van der Waals surface area contributed by atoms with Gasteiger partial charge in [0.2, 0.25) is 0 Å². The van der Waals surface area contributed by atoms with Crippen molar-refractivity contribution in [1.82, 2.24) is 0 Å². The number of furan rings is 1. The molecule has 0 bridgehead atoms. The molecule has 2 heteroatoms. The first-order valence-corrected chi connectivity index (χ1v) is 8.00. The quantitative estimate of drug-likeness (QED) is 0.606. The van der Waals surface area contributed by atoms with E-state index in [-0.39, 0.29) is 11.5 Å². The van der Waals surface area contributed by atoms with E-state index in [2.05, 4.69) is 26.5 Å². The molecular weight excluding hydrogens is 248 g/mol. The predicted octanol–water partition coefficient (Wildman–Crippen LogP) is 5.58. The predicted molar refractivity (Wildman–Crippen MR) is 82.8 cm³/mol. The summed E-state index contributed by atoms with van der Waals surface area (Å²) in [6.45, 7) is 11.5. The molecule has 0 radical (unpaired) electrons. The Morgan fingerprint density at radius 1 is 1.20 bits per heavy atom. The molecule has 1 aliphatic rings. The summed E-state index contributed by atoms with van der Waals surface area (Å²) in [4.78, 5) is 0. The minimum Gasteiger partial charge on any atom is -0.464 e. The molecule has 1 aliphatic heterocycles. The monoisotopic (exact) mass is 276 g/mol. The zero-order valence-electron chi connectivity index (χ0n) is 13.2. The van der Waals surface area contributed by atoms with Crippen molar-refractivity contribution in [3.8, 4) is 0 Å². The van der Waals surface area contributed by atoms with Gasteiger partial charge in [-0.2, -0.15) is 0 Å². The fourth-order valence-corrected chi connectivity index (χ4v) is 3.35. The SMILES string of the molecule is C=C1COC(c2ccc(C)o2)C1(CCCC)CCCC. The third-order valence-corrected chi connectivity index (χ3v) is 4.60. The van der Waals surface area contributed by atoms with Gasteiger partial charge in [0.15, 0.2) is 0 Å². The normalized spacial score (nSPS) is 21.6. The van der Waals surface area contributed by atoms with Crippen LogP contribution in [0.2, 0.25) is 0 Å². The highest BCUT2D eigenvalue weighted by Crippen LogP contribution is 2.54. The Kier molecular flexibility index (Phi) is 5.09. The number of rotatable bonds is 7. The summed E-state index contributed by atoms with van der Waals surface area (Å²) >= 11 is 0. The Morgan fingerprint density at radius 2 is 1.85 bits per heavy atom. The van der Waals surface area contributed by atoms with Gasteiger partial charge in [-0.15, -0.1) is 0 Å². The Morgan fingerprint density at radius 3 is 2.35 bits per heavy atom. The summed E-state index contributed by atoms with van der Waals surface area (Å²) in [5, 5.41) is 0. The van der Waals surface area contributed by atoms with Crippen molar-refractivity contribution in [2.24, 2.45) is 5.41 Å². The van der Waals surface area contributed by atoms with Crippen LogP contribution in [0.1, 0.15) is 70.0 Å². The number of unbranched alkanes of at least 4 members (excludes halogenated alkanes) is 2. The summed E-state index contributed by atoms with van der Waals surface area (Å²) in [5.41, 5.74) is 1.34. The number of hydrogen-bond acceptors (Lipinski definition) is 2. The van der Waals surface area contributed by atoms with Crippen LogP contribution in [0.4, 0.5) is 0 Å². The average Bonchev–Trinajstić information content (AvgIpc) is 2.99. The average molecular weight is 276 g/mol. The molecule has 0 aromatic carbocycles. The maximum absolute atomic E-state index is 6.08. The third kappa shape index (κ3) is 2.85. The second kappa shape index (κ2) is 6.62. The number of aryl methyl sites for hydroxylation is 1. The number of hydrogen-bond donors (Lipinski definition) is 0. The van der Waals surface area contributed by atoms with Gasteiger partial charge >= 0.3 is 0 Å². The molecule has 1 fully saturated rings. The molecule has 2 heterocycles. The standard InChI is InChI=1S/C18H28O2/c1-5-7-11-18(12-8-6-2)14(3)13-19-17(18)16-10-9-15(4)20-16/h9-10,17H,3,5-8,11-13H2,1-2,4H3. The smallest absolute Gasteiger partial charge is 0.133 e. The first-order valence-electron chi connectivity index (χ1n) is 8.00. The lowest BCUT2D eigenvalue weighted by Gasteiger charge is -2.34. The van der Waals surface area contributed by atoms with E-state index in [1.165, 1.54) is 31.3 Å². The van der Waals surface area contributed by atoms with Gasteiger partial charge in [-0.05, 0) is 37.5 Å². The van der Waals surface area contributed by atoms with Gasteiger partial charge in [-0.3, -0.25) is 0 Å². The van der Waals surface area contributed by atoms with Crippen LogP contribution in [0.3, 0.4) is 0 Å². The Bertz CT molecular complexity index is 436. The van der Waals surface area contributed by atoms with Gasteiger partial charge < -0.3 is 9.15 Å². The molecule has 0 spiro atoms. The van der Waals surface area contributed by atoms with Gasteiger partial charge in [0.1, 0.15) is 17.6 Å². The largest absolute Gasteiger partial charge is 0.464 e. The summed E-state index contributed by atoms with van der Waals surface area (Å²) in [7, 11) is 0. The first kappa shape index (κ1) is 15.4. The van der Waals surface area contributed by atoms with Gasteiger partial charge in [0.25, 0.3) is 0 Å². The van der Waals surface area contributed by atoms with Gasteiger partial charge in [-0.1, -0.05) is 46.1 Å². The van der Waals surface area contributed by atoms with E-state index < -0.39 is 0 Å². The van der Waals surface area contributed by atoms with E-state index in [1.807, 2.05) is 13.0 Å². The van der Waals surface area contributed by atoms with Crippen molar-refractivity contribution in [3.63, 3.8) is 0 Å². The maximum atomic E-state index is 6.08. The van der Waals surface area contributed by atoms with Gasteiger partial charge in [0, 0.05) is 5.41 Å². The highest BCUT2D eigenvalue weighted by atomic mass is 16.5. The molecule has 1 unspecified atom stereocenters. The van der Waals surface area contributed by atoms with Crippen molar-refractivity contribution in [2.45, 2.75) is 65.4 Å². The second-order valence-corrected chi connectivity index (χ2v) is 6.11. The summed E-state index contributed by atoms with van der Waals surface area (Å²) in [6, 6.07) is 4.11. The molecule has 1 aromatic heterocycles. The Labute approximate surface area is 123 Å². The van der Waals surface area contributed by atoms with Gasteiger partial charge in [-0.25, -0.2) is 0 Å². The first-order chi connectivity index (χ1) is 9.64. The van der Waals surface area contributed by atoms with Gasteiger partial charge in [0.05, 0.1) is 6.61 Å². The lowest BCUT2D eigenvalue weighted by atomic mass is 9.70. The molecule has 0 amide bonds. The topological polar surface area (TPSA) is 22.4 Å². The van der Waals surface area contributed by atoms with Crippen LogP contribution in [-0.4, -0.2) is 6.61 Å². The van der Waals surface area contributed by atoms with E-state index in [0.29, 0.717) is 6.61 Å². The fourth-order valence-electron chi connectivity index (χ4n) is 3.35. The van der Waals surface area contributed by atoms with Crippen molar-refractivity contribution in [2.75, 3.05) is 6.61 Å². The highest BCUT2D eigenvalue weighted by Gasteiger charge is 2.47. The van der Waals surface area contributed by atoms with Crippen molar-refractivity contribution < 1.29 is 9.15 Å². The van der Waals surface area contributed by atoms with E-state index in [4.69, 9.17) is 9.15 Å². The highest BCUT2D eigenvalue weighted by molar-refractivity contribution is 5.24. The van der Waals surface area contributed by atoms with Crippen molar-refractivity contribution in [3.05, 3.63) is 35.8 Å². The molecule has 1 saturated heterocycles. The second-order valence-electron chi connectivity index (χ2n) is 6.11. The minimum absolute atomic E-state index is 0.0572. The molecule has 0 N–H and O–H groups in total. The third-order valence-electron chi connectivity index (χ3n) is 4.60. The van der Waals surface area contributed by atoms with E-state index in [9.17, 15) is 0 Å². The Hall–Kier alpha value is -1.02. The molecule has 1 atom stereocenters. The summed E-state index contributed by atoms with van der Waals surface area (Å²) in [6.07, 6.45) is 7.25. The van der Waals surface area contributed by atoms with Crippen LogP contribution in [0.15, 0.2) is 28.7 Å². The minimum atomic E-state index is 0.0572. The molecule has 1 aromatic rings. The van der Waals surface area contributed by atoms with E-state index >= 15 is 0 Å². The van der Waals surface area contributed by atoms with Crippen LogP contribution in [-0.2, 0) is 4.74 Å². The van der Waals surface area contributed by atoms with E-state index in [0.717, 1.165) is 24.4 Å². The zero-order valence-corrected chi connectivity index (χ0v) is 13.2. The molecule has 2 rings (SSSR count). The van der Waals surface area contributed by atoms with Crippen LogP contribution < -0.4 is 0 Å². The van der Waals surface area contributed by atoms with Crippen LogP contribution >= 0.6 is 0 Å². The fraction of sp³-hybridized carbons (Fsp3) is 0.667. The summed E-state index contributed by atoms with van der Waals surface area (Å²) < 4.78 is 11.9. The molecule has 0 saturated carbocycles.